The molecule has 0 bridgehead atoms. The van der Waals surface area contributed by atoms with E-state index in [9.17, 15) is 4.39 Å². The van der Waals surface area contributed by atoms with Gasteiger partial charge < -0.3 is 10.1 Å². The van der Waals surface area contributed by atoms with Gasteiger partial charge in [-0.05, 0) is 50.6 Å². The van der Waals surface area contributed by atoms with Gasteiger partial charge in [-0.2, -0.15) is 0 Å². The predicted octanol–water partition coefficient (Wildman–Crippen LogP) is 4.45. The Balaban J connectivity index is 2.09. The standard InChI is InChI=1S/C17H20FNO/c1-4-20-15-6-8-17(13(3)10-15)19-11-14-9-12(2)5-7-16(14)18/h5-10,19H,4,11H2,1-3H3. The van der Waals surface area contributed by atoms with Crippen molar-refractivity contribution in [3.8, 4) is 5.75 Å². The van der Waals surface area contributed by atoms with Gasteiger partial charge in [-0.15, -0.1) is 0 Å². The van der Waals surface area contributed by atoms with Crippen molar-refractivity contribution in [3.05, 3.63) is 58.9 Å². The van der Waals surface area contributed by atoms with E-state index in [0.29, 0.717) is 18.7 Å². The zero-order valence-corrected chi connectivity index (χ0v) is 12.2. The summed E-state index contributed by atoms with van der Waals surface area (Å²) >= 11 is 0. The van der Waals surface area contributed by atoms with Crippen LogP contribution in [-0.2, 0) is 6.54 Å². The van der Waals surface area contributed by atoms with E-state index in [1.165, 1.54) is 6.07 Å². The van der Waals surface area contributed by atoms with Crippen LogP contribution in [0.1, 0.15) is 23.6 Å². The third-order valence-corrected chi connectivity index (χ3v) is 3.18. The first-order valence-corrected chi connectivity index (χ1v) is 6.82. The molecule has 1 N–H and O–H groups in total. The maximum Gasteiger partial charge on any atom is 0.128 e. The largest absolute Gasteiger partial charge is 0.494 e. The van der Waals surface area contributed by atoms with Gasteiger partial charge in [0.25, 0.3) is 0 Å². The lowest BCUT2D eigenvalue weighted by molar-refractivity contribution is 0.340. The molecule has 0 amide bonds. The summed E-state index contributed by atoms with van der Waals surface area (Å²) < 4.78 is 19.1. The van der Waals surface area contributed by atoms with E-state index in [0.717, 1.165) is 22.6 Å². The highest BCUT2D eigenvalue weighted by Crippen LogP contribution is 2.22. The van der Waals surface area contributed by atoms with Gasteiger partial charge in [-0.25, -0.2) is 4.39 Å². The molecule has 20 heavy (non-hydrogen) atoms. The molecule has 2 nitrogen and oxygen atoms in total. The van der Waals surface area contributed by atoms with Crippen molar-refractivity contribution >= 4 is 5.69 Å². The molecule has 0 unspecified atom stereocenters. The van der Waals surface area contributed by atoms with Crippen LogP contribution in [0.3, 0.4) is 0 Å². The molecule has 106 valence electrons. The number of nitrogens with one attached hydrogen (secondary N) is 1. The number of aryl methyl sites for hydroxylation is 2. The Morgan fingerprint density at radius 3 is 2.60 bits per heavy atom. The van der Waals surface area contributed by atoms with Crippen LogP contribution in [0.2, 0.25) is 0 Å². The summed E-state index contributed by atoms with van der Waals surface area (Å²) in [6.07, 6.45) is 0. The molecule has 0 aliphatic heterocycles. The second-order valence-corrected chi connectivity index (χ2v) is 4.86. The van der Waals surface area contributed by atoms with Crippen LogP contribution in [-0.4, -0.2) is 6.61 Å². The van der Waals surface area contributed by atoms with Crippen molar-refractivity contribution in [1.29, 1.82) is 0 Å². The van der Waals surface area contributed by atoms with Gasteiger partial charge in [-0.1, -0.05) is 17.7 Å². The van der Waals surface area contributed by atoms with E-state index in [2.05, 4.69) is 5.32 Å². The van der Waals surface area contributed by atoms with Gasteiger partial charge in [0.05, 0.1) is 6.61 Å². The molecular weight excluding hydrogens is 253 g/mol. The number of hydrogen-bond donors (Lipinski definition) is 1. The Bertz CT molecular complexity index is 596. The zero-order valence-electron chi connectivity index (χ0n) is 12.2. The average Bonchev–Trinajstić information content (AvgIpc) is 2.42. The Kier molecular flexibility index (Phi) is 4.61. The van der Waals surface area contributed by atoms with E-state index in [4.69, 9.17) is 4.74 Å². The van der Waals surface area contributed by atoms with Crippen molar-refractivity contribution in [3.63, 3.8) is 0 Å². The first-order chi connectivity index (χ1) is 9.60. The van der Waals surface area contributed by atoms with E-state index < -0.39 is 0 Å². The van der Waals surface area contributed by atoms with Crippen LogP contribution >= 0.6 is 0 Å². The lowest BCUT2D eigenvalue weighted by Gasteiger charge is -2.12. The van der Waals surface area contributed by atoms with E-state index in [-0.39, 0.29) is 5.82 Å². The van der Waals surface area contributed by atoms with Gasteiger partial charge in [0.1, 0.15) is 11.6 Å². The van der Waals surface area contributed by atoms with Crippen molar-refractivity contribution in [2.75, 3.05) is 11.9 Å². The van der Waals surface area contributed by atoms with Crippen LogP contribution in [0.4, 0.5) is 10.1 Å². The molecule has 0 heterocycles. The highest BCUT2D eigenvalue weighted by molar-refractivity contribution is 5.54. The van der Waals surface area contributed by atoms with Crippen molar-refractivity contribution < 1.29 is 9.13 Å². The maximum atomic E-state index is 13.7. The lowest BCUT2D eigenvalue weighted by atomic mass is 10.1. The van der Waals surface area contributed by atoms with E-state index >= 15 is 0 Å². The first kappa shape index (κ1) is 14.4. The van der Waals surface area contributed by atoms with Crippen LogP contribution < -0.4 is 10.1 Å². The van der Waals surface area contributed by atoms with Gasteiger partial charge in [0.15, 0.2) is 0 Å². The molecule has 0 atom stereocenters. The zero-order chi connectivity index (χ0) is 14.5. The SMILES string of the molecule is CCOc1ccc(NCc2cc(C)ccc2F)c(C)c1. The average molecular weight is 273 g/mol. The topological polar surface area (TPSA) is 21.3 Å². The lowest BCUT2D eigenvalue weighted by Crippen LogP contribution is -2.04. The molecule has 0 saturated carbocycles. The molecule has 0 radical (unpaired) electrons. The monoisotopic (exact) mass is 273 g/mol. The number of rotatable bonds is 5. The number of hydrogen-bond acceptors (Lipinski definition) is 2. The Morgan fingerprint density at radius 1 is 1.10 bits per heavy atom. The second-order valence-electron chi connectivity index (χ2n) is 4.86. The van der Waals surface area contributed by atoms with Crippen LogP contribution in [0.5, 0.6) is 5.75 Å². The minimum Gasteiger partial charge on any atom is -0.494 e. The fourth-order valence-corrected chi connectivity index (χ4v) is 2.12. The van der Waals surface area contributed by atoms with Gasteiger partial charge in [-0.3, -0.25) is 0 Å². The molecule has 2 aromatic rings. The molecule has 2 rings (SSSR count). The summed E-state index contributed by atoms with van der Waals surface area (Å²) in [7, 11) is 0. The second kappa shape index (κ2) is 6.42. The molecule has 0 fully saturated rings. The number of halogens is 1. The smallest absolute Gasteiger partial charge is 0.128 e. The first-order valence-electron chi connectivity index (χ1n) is 6.82. The van der Waals surface area contributed by atoms with Gasteiger partial charge in [0.2, 0.25) is 0 Å². The summed E-state index contributed by atoms with van der Waals surface area (Å²) in [5.41, 5.74) is 3.82. The molecular formula is C17H20FNO. The minimum atomic E-state index is -0.174. The maximum absolute atomic E-state index is 13.7. The molecule has 2 aromatic carbocycles. The van der Waals surface area contributed by atoms with Crippen LogP contribution in [0.25, 0.3) is 0 Å². The third kappa shape index (κ3) is 3.50. The molecule has 0 aliphatic rings. The molecule has 0 saturated heterocycles. The molecule has 3 heteroatoms. The molecule has 0 spiro atoms. The van der Waals surface area contributed by atoms with Gasteiger partial charge >= 0.3 is 0 Å². The summed E-state index contributed by atoms with van der Waals surface area (Å²) in [6.45, 7) is 7.06. The van der Waals surface area contributed by atoms with Crippen LogP contribution in [0, 0.1) is 19.7 Å². The van der Waals surface area contributed by atoms with Crippen molar-refractivity contribution in [1.82, 2.24) is 0 Å². The van der Waals surface area contributed by atoms with E-state index in [1.54, 1.807) is 6.07 Å². The Labute approximate surface area is 119 Å². The number of anilines is 1. The number of benzene rings is 2. The Morgan fingerprint density at radius 2 is 1.90 bits per heavy atom. The van der Waals surface area contributed by atoms with E-state index in [1.807, 2.05) is 45.0 Å². The third-order valence-electron chi connectivity index (χ3n) is 3.18. The fraction of sp³-hybridized carbons (Fsp3) is 0.294. The Hall–Kier alpha value is -2.03. The van der Waals surface area contributed by atoms with Crippen LogP contribution in [0.15, 0.2) is 36.4 Å². The minimum absolute atomic E-state index is 0.174. The highest BCUT2D eigenvalue weighted by atomic mass is 19.1. The van der Waals surface area contributed by atoms with Crippen molar-refractivity contribution in [2.45, 2.75) is 27.3 Å². The molecule has 0 aliphatic carbocycles. The summed E-state index contributed by atoms with van der Waals surface area (Å²) in [5.74, 6) is 0.684. The molecule has 0 aromatic heterocycles. The highest BCUT2D eigenvalue weighted by Gasteiger charge is 2.04. The fourth-order valence-electron chi connectivity index (χ4n) is 2.12. The van der Waals surface area contributed by atoms with Crippen molar-refractivity contribution in [2.24, 2.45) is 0 Å². The summed E-state index contributed by atoms with van der Waals surface area (Å²) in [4.78, 5) is 0. The predicted molar refractivity (Wildman–Crippen MR) is 80.8 cm³/mol. The number of ether oxygens (including phenoxy) is 1. The summed E-state index contributed by atoms with van der Waals surface area (Å²) in [6, 6.07) is 11.0. The summed E-state index contributed by atoms with van der Waals surface area (Å²) in [5, 5.41) is 3.27. The quantitative estimate of drug-likeness (QED) is 0.868. The normalized spacial score (nSPS) is 10.4. The van der Waals surface area contributed by atoms with Gasteiger partial charge in [0, 0.05) is 17.8 Å².